The Morgan fingerprint density at radius 2 is 1.59 bits per heavy atom. The highest BCUT2D eigenvalue weighted by molar-refractivity contribution is 5.98. The van der Waals surface area contributed by atoms with Crippen LogP contribution in [-0.2, 0) is 14.3 Å². The smallest absolute Gasteiger partial charge is 0.253 e. The van der Waals surface area contributed by atoms with Crippen LogP contribution in [0.3, 0.4) is 0 Å². The first-order valence-electron chi connectivity index (χ1n) is 12.7. The topological polar surface area (TPSA) is 91.9 Å². The molecule has 10 heteroatoms. The number of piperidine rings is 1. The van der Waals surface area contributed by atoms with Gasteiger partial charge in [-0.1, -0.05) is 18.2 Å². The molecule has 3 saturated heterocycles. The van der Waals surface area contributed by atoms with E-state index in [1.807, 2.05) is 30.3 Å². The number of hydrogen-bond acceptors (Lipinski definition) is 7. The van der Waals surface area contributed by atoms with Gasteiger partial charge in [0.05, 0.1) is 19.9 Å². The largest absolute Gasteiger partial charge is 0.454 e. The molecule has 0 atom stereocenters. The summed E-state index contributed by atoms with van der Waals surface area (Å²) in [5.74, 6) is 1.01. The molecule has 4 aliphatic rings. The van der Waals surface area contributed by atoms with E-state index in [0.29, 0.717) is 76.0 Å². The van der Waals surface area contributed by atoms with Gasteiger partial charge in [-0.25, -0.2) is 0 Å². The molecular weight excluding hydrogens is 476 g/mol. The van der Waals surface area contributed by atoms with E-state index in [9.17, 15) is 14.4 Å². The molecule has 194 valence electrons. The normalized spacial score (nSPS) is 20.6. The van der Waals surface area contributed by atoms with Crippen molar-refractivity contribution in [2.45, 2.75) is 18.4 Å². The van der Waals surface area contributed by atoms with Gasteiger partial charge in [0.15, 0.2) is 11.5 Å². The van der Waals surface area contributed by atoms with E-state index in [2.05, 4.69) is 4.90 Å². The van der Waals surface area contributed by atoms with Crippen LogP contribution in [0.4, 0.5) is 5.69 Å². The zero-order chi connectivity index (χ0) is 25.4. The summed E-state index contributed by atoms with van der Waals surface area (Å²) in [6, 6.07) is 15.0. The molecule has 0 radical (unpaired) electrons. The minimum Gasteiger partial charge on any atom is -0.454 e. The van der Waals surface area contributed by atoms with Gasteiger partial charge in [0.25, 0.3) is 11.8 Å². The predicted molar refractivity (Wildman–Crippen MR) is 133 cm³/mol. The van der Waals surface area contributed by atoms with Crippen LogP contribution in [0, 0.1) is 0 Å². The molecule has 3 amide bonds. The number of morpholine rings is 1. The molecule has 0 N–H and O–H groups in total. The maximum atomic E-state index is 13.9. The van der Waals surface area contributed by atoms with Gasteiger partial charge >= 0.3 is 0 Å². The second-order valence-corrected chi connectivity index (χ2v) is 9.79. The molecule has 0 saturated carbocycles. The van der Waals surface area contributed by atoms with E-state index in [4.69, 9.17) is 14.2 Å². The number of likely N-dealkylation sites (tertiary alicyclic amines) is 1. The molecule has 3 fully saturated rings. The quantitative estimate of drug-likeness (QED) is 0.622. The van der Waals surface area contributed by atoms with Gasteiger partial charge in [0, 0.05) is 37.4 Å². The number of ether oxygens (including phenoxy) is 3. The molecule has 4 aliphatic heterocycles. The molecular formula is C27H30N4O6. The summed E-state index contributed by atoms with van der Waals surface area (Å²) in [4.78, 5) is 47.5. The first-order chi connectivity index (χ1) is 18.0. The van der Waals surface area contributed by atoms with E-state index < -0.39 is 5.54 Å². The van der Waals surface area contributed by atoms with Gasteiger partial charge in [0.2, 0.25) is 12.7 Å². The molecule has 0 aromatic heterocycles. The number of nitrogens with zero attached hydrogens (tertiary/aromatic N) is 4. The zero-order valence-electron chi connectivity index (χ0n) is 20.6. The molecule has 0 unspecified atom stereocenters. The highest BCUT2D eigenvalue weighted by Gasteiger charge is 2.54. The monoisotopic (exact) mass is 506 g/mol. The Morgan fingerprint density at radius 3 is 2.35 bits per heavy atom. The van der Waals surface area contributed by atoms with Crippen molar-refractivity contribution in [1.29, 1.82) is 0 Å². The van der Waals surface area contributed by atoms with Crippen LogP contribution in [-0.4, -0.2) is 97.4 Å². The summed E-state index contributed by atoms with van der Waals surface area (Å²) in [5, 5.41) is 0. The number of anilines is 1. The number of carbonyl (C=O) groups is 3. The molecule has 6 rings (SSSR count). The Balaban J connectivity index is 1.20. The third kappa shape index (κ3) is 4.25. The van der Waals surface area contributed by atoms with E-state index >= 15 is 0 Å². The molecule has 10 nitrogen and oxygen atoms in total. The fourth-order valence-corrected chi connectivity index (χ4v) is 5.69. The molecule has 4 heterocycles. The van der Waals surface area contributed by atoms with Crippen LogP contribution < -0.4 is 14.4 Å². The minimum absolute atomic E-state index is 0.0454. The average Bonchev–Trinajstić information content (AvgIpc) is 3.52. The molecule has 2 aromatic rings. The number of carbonyl (C=O) groups excluding carboxylic acids is 3. The lowest BCUT2D eigenvalue weighted by Crippen LogP contribution is -2.57. The fraction of sp³-hybridized carbons (Fsp3) is 0.444. The molecule has 2 aromatic carbocycles. The number of rotatable bonds is 4. The Labute approximate surface area is 215 Å². The van der Waals surface area contributed by atoms with Crippen LogP contribution in [0.25, 0.3) is 0 Å². The van der Waals surface area contributed by atoms with Crippen LogP contribution >= 0.6 is 0 Å². The number of fused-ring (bicyclic) bond motifs is 1. The number of benzene rings is 2. The highest BCUT2D eigenvalue weighted by atomic mass is 16.7. The van der Waals surface area contributed by atoms with Gasteiger partial charge in [-0.15, -0.1) is 0 Å². The van der Waals surface area contributed by atoms with Gasteiger partial charge in [-0.2, -0.15) is 0 Å². The van der Waals surface area contributed by atoms with Crippen molar-refractivity contribution < 1.29 is 28.6 Å². The first kappa shape index (κ1) is 23.6. The standard InChI is InChI=1S/C27H30N4O6/c32-24(28-12-14-35-15-13-28)17-30-18-31(21-4-2-1-3-5-21)27(26(30)34)8-10-29(11-9-27)25(33)20-6-7-22-23(16-20)37-19-36-22/h1-7,16H,8-15,17-19H2. The van der Waals surface area contributed by atoms with Crippen molar-refractivity contribution in [3.63, 3.8) is 0 Å². The Hall–Kier alpha value is -3.79. The van der Waals surface area contributed by atoms with Gasteiger partial charge in [-0.3, -0.25) is 14.4 Å². The summed E-state index contributed by atoms with van der Waals surface area (Å²) < 4.78 is 16.1. The molecule has 37 heavy (non-hydrogen) atoms. The molecule has 0 bridgehead atoms. The number of hydrogen-bond donors (Lipinski definition) is 0. The zero-order valence-corrected chi connectivity index (χ0v) is 20.6. The molecule has 0 aliphatic carbocycles. The third-order valence-corrected chi connectivity index (χ3v) is 7.77. The van der Waals surface area contributed by atoms with Crippen molar-refractivity contribution in [2.24, 2.45) is 0 Å². The van der Waals surface area contributed by atoms with Crippen LogP contribution in [0.15, 0.2) is 48.5 Å². The van der Waals surface area contributed by atoms with Crippen LogP contribution in [0.1, 0.15) is 23.2 Å². The van der Waals surface area contributed by atoms with E-state index in [-0.39, 0.29) is 31.1 Å². The van der Waals surface area contributed by atoms with Crippen molar-refractivity contribution in [3.05, 3.63) is 54.1 Å². The Kier molecular flexibility index (Phi) is 6.11. The minimum atomic E-state index is -0.793. The van der Waals surface area contributed by atoms with Crippen molar-refractivity contribution in [2.75, 3.05) is 64.3 Å². The molecule has 1 spiro atoms. The first-order valence-corrected chi connectivity index (χ1v) is 12.7. The third-order valence-electron chi connectivity index (χ3n) is 7.77. The SMILES string of the molecule is O=C(CN1CN(c2ccccc2)C2(CCN(C(=O)c3ccc4c(c3)OCO4)CC2)C1=O)N1CCOCC1. The summed E-state index contributed by atoms with van der Waals surface area (Å²) >= 11 is 0. The van der Waals surface area contributed by atoms with Crippen molar-refractivity contribution in [3.8, 4) is 11.5 Å². The van der Waals surface area contributed by atoms with Crippen molar-refractivity contribution in [1.82, 2.24) is 14.7 Å². The lowest BCUT2D eigenvalue weighted by molar-refractivity contribution is -0.143. The summed E-state index contributed by atoms with van der Waals surface area (Å²) in [6.07, 6.45) is 0.971. The predicted octanol–water partition coefficient (Wildman–Crippen LogP) is 1.56. The summed E-state index contributed by atoms with van der Waals surface area (Å²) in [5.41, 5.74) is 0.682. The Bertz CT molecular complexity index is 1190. The lowest BCUT2D eigenvalue weighted by atomic mass is 9.85. The lowest BCUT2D eigenvalue weighted by Gasteiger charge is -2.43. The van der Waals surface area contributed by atoms with Crippen molar-refractivity contribution >= 4 is 23.4 Å². The van der Waals surface area contributed by atoms with E-state index in [1.54, 1.807) is 32.9 Å². The average molecular weight is 507 g/mol. The second-order valence-electron chi connectivity index (χ2n) is 9.79. The number of para-hydroxylation sites is 1. The summed E-state index contributed by atoms with van der Waals surface area (Å²) in [7, 11) is 0. The maximum absolute atomic E-state index is 13.9. The van der Waals surface area contributed by atoms with Gasteiger partial charge < -0.3 is 33.8 Å². The van der Waals surface area contributed by atoms with E-state index in [0.717, 1.165) is 5.69 Å². The second kappa shape index (κ2) is 9.59. The van der Waals surface area contributed by atoms with Crippen LogP contribution in [0.2, 0.25) is 0 Å². The highest BCUT2D eigenvalue weighted by Crippen LogP contribution is 2.40. The fourth-order valence-electron chi connectivity index (χ4n) is 5.69. The Morgan fingerprint density at radius 1 is 0.865 bits per heavy atom. The van der Waals surface area contributed by atoms with Gasteiger partial charge in [-0.05, 0) is 43.2 Å². The maximum Gasteiger partial charge on any atom is 0.253 e. The van der Waals surface area contributed by atoms with E-state index in [1.165, 1.54) is 0 Å². The van der Waals surface area contributed by atoms with Crippen LogP contribution in [0.5, 0.6) is 11.5 Å². The van der Waals surface area contributed by atoms with Gasteiger partial charge in [0.1, 0.15) is 12.1 Å². The summed E-state index contributed by atoms with van der Waals surface area (Å²) in [6.45, 7) is 3.55. The number of amides is 3.